The fourth-order valence-corrected chi connectivity index (χ4v) is 3.64. The largest absolute Gasteiger partial charge is 0.493 e. The Hall–Kier alpha value is -4.44. The van der Waals surface area contributed by atoms with Gasteiger partial charge in [-0.05, 0) is 54.0 Å². The minimum absolute atomic E-state index is 0.0372. The summed E-state index contributed by atoms with van der Waals surface area (Å²) in [5.41, 5.74) is 2.13. The van der Waals surface area contributed by atoms with Gasteiger partial charge in [-0.15, -0.1) is 0 Å². The Balaban J connectivity index is 1.58. The highest BCUT2D eigenvalue weighted by molar-refractivity contribution is 6.12. The lowest BCUT2D eigenvalue weighted by Crippen LogP contribution is -2.29. The van der Waals surface area contributed by atoms with Gasteiger partial charge in [0.05, 0.1) is 12.7 Å². The fourth-order valence-electron chi connectivity index (χ4n) is 3.64. The van der Waals surface area contributed by atoms with Crippen molar-refractivity contribution in [3.63, 3.8) is 0 Å². The lowest BCUT2D eigenvalue weighted by Gasteiger charge is -2.16. The second kappa shape index (κ2) is 9.37. The van der Waals surface area contributed by atoms with Crippen molar-refractivity contribution in [2.24, 2.45) is 0 Å². The van der Waals surface area contributed by atoms with Gasteiger partial charge in [-0.1, -0.05) is 36.4 Å². The second-order valence-electron chi connectivity index (χ2n) is 7.28. The van der Waals surface area contributed by atoms with Crippen molar-refractivity contribution >= 4 is 23.6 Å². The molecule has 1 heterocycles. The number of methoxy groups -OCH3 is 1. The predicted molar refractivity (Wildman–Crippen MR) is 120 cm³/mol. The number of carbonyl (C=O) groups excluding carboxylic acids is 2. The molecule has 3 aromatic rings. The molecule has 0 atom stereocenters. The molecule has 0 radical (unpaired) electrons. The summed E-state index contributed by atoms with van der Waals surface area (Å²) in [5, 5.41) is 9.62. The Kier molecular flexibility index (Phi) is 6.18. The lowest BCUT2D eigenvalue weighted by atomic mass is 10.1. The van der Waals surface area contributed by atoms with Crippen molar-refractivity contribution in [2.75, 3.05) is 18.6 Å². The molecule has 0 bridgehead atoms. The number of hydrogen-bond donors (Lipinski definition) is 0. The molecule has 0 saturated carbocycles. The van der Waals surface area contributed by atoms with E-state index in [1.165, 1.54) is 49.6 Å². The van der Waals surface area contributed by atoms with Crippen LogP contribution < -0.4 is 14.4 Å². The molecular formula is C26H19FN2O4. The topological polar surface area (TPSA) is 79.6 Å². The number of para-hydroxylation sites is 1. The van der Waals surface area contributed by atoms with Crippen LogP contribution in [0.3, 0.4) is 0 Å². The van der Waals surface area contributed by atoms with Crippen molar-refractivity contribution in [3.8, 4) is 17.6 Å². The first-order valence-corrected chi connectivity index (χ1v) is 10.2. The first-order chi connectivity index (χ1) is 16.0. The second-order valence-corrected chi connectivity index (χ2v) is 7.28. The maximum atomic E-state index is 13.9. The van der Waals surface area contributed by atoms with Crippen LogP contribution in [-0.4, -0.2) is 25.5 Å². The summed E-state index contributed by atoms with van der Waals surface area (Å²) in [6, 6.07) is 19.6. The van der Waals surface area contributed by atoms with E-state index in [4.69, 9.17) is 9.47 Å². The van der Waals surface area contributed by atoms with Crippen molar-refractivity contribution < 1.29 is 23.5 Å². The summed E-state index contributed by atoms with van der Waals surface area (Å²) in [7, 11) is 1.39. The number of nitrogens with zero attached hydrogens (tertiary/aromatic N) is 2. The van der Waals surface area contributed by atoms with Gasteiger partial charge >= 0.3 is 5.97 Å². The molecule has 0 spiro atoms. The van der Waals surface area contributed by atoms with Crippen LogP contribution in [0.25, 0.3) is 6.08 Å². The monoisotopic (exact) mass is 442 g/mol. The van der Waals surface area contributed by atoms with Gasteiger partial charge in [-0.2, -0.15) is 5.26 Å². The molecule has 0 aromatic heterocycles. The average molecular weight is 442 g/mol. The summed E-state index contributed by atoms with van der Waals surface area (Å²) < 4.78 is 24.5. The molecule has 1 amide bonds. The van der Waals surface area contributed by atoms with E-state index in [1.807, 2.05) is 30.3 Å². The van der Waals surface area contributed by atoms with E-state index >= 15 is 0 Å². The summed E-state index contributed by atoms with van der Waals surface area (Å²) in [6.07, 6.45) is 2.19. The van der Waals surface area contributed by atoms with Gasteiger partial charge in [-0.25, -0.2) is 9.18 Å². The Labute approximate surface area is 190 Å². The zero-order chi connectivity index (χ0) is 23.4. The Morgan fingerprint density at radius 1 is 1.06 bits per heavy atom. The van der Waals surface area contributed by atoms with Crippen molar-refractivity contribution in [1.29, 1.82) is 5.26 Å². The third-order valence-electron chi connectivity index (χ3n) is 5.28. The molecule has 0 saturated heterocycles. The number of esters is 1. The number of rotatable bonds is 5. The van der Waals surface area contributed by atoms with Gasteiger partial charge < -0.3 is 14.4 Å². The maximum absolute atomic E-state index is 13.9. The molecule has 1 aliphatic heterocycles. The number of ether oxygens (including phenoxy) is 2. The normalized spacial score (nSPS) is 12.6. The van der Waals surface area contributed by atoms with Gasteiger partial charge in [0.2, 0.25) is 0 Å². The van der Waals surface area contributed by atoms with Gasteiger partial charge in [0.1, 0.15) is 17.5 Å². The van der Waals surface area contributed by atoms with Gasteiger partial charge in [0.25, 0.3) is 5.91 Å². The third-order valence-corrected chi connectivity index (χ3v) is 5.28. The minimum atomic E-state index is -0.865. The number of halogens is 1. The zero-order valence-electron chi connectivity index (χ0n) is 17.7. The minimum Gasteiger partial charge on any atom is -0.493 e. The molecule has 6 nitrogen and oxygen atoms in total. The van der Waals surface area contributed by atoms with E-state index in [1.54, 1.807) is 11.0 Å². The Morgan fingerprint density at radius 3 is 2.58 bits per heavy atom. The molecule has 0 N–H and O–H groups in total. The number of nitriles is 1. The molecular weight excluding hydrogens is 423 g/mol. The number of carbonyl (C=O) groups is 2. The molecule has 0 fully saturated rings. The number of hydrogen-bond acceptors (Lipinski definition) is 5. The number of amides is 1. The van der Waals surface area contributed by atoms with E-state index in [2.05, 4.69) is 0 Å². The molecule has 3 aromatic carbocycles. The van der Waals surface area contributed by atoms with Crippen molar-refractivity contribution in [3.05, 3.63) is 94.8 Å². The summed E-state index contributed by atoms with van der Waals surface area (Å²) in [6.45, 7) is 0.505. The van der Waals surface area contributed by atoms with Crippen molar-refractivity contribution in [1.82, 2.24) is 0 Å². The van der Waals surface area contributed by atoms with Crippen LogP contribution in [0.1, 0.15) is 21.5 Å². The van der Waals surface area contributed by atoms with E-state index in [-0.39, 0.29) is 22.6 Å². The SMILES string of the molecule is COc1cc(/C=C(\C#N)C(=O)N2CCc3ccccc32)ccc1OC(=O)c1ccccc1F. The Morgan fingerprint density at radius 2 is 1.82 bits per heavy atom. The van der Waals surface area contributed by atoms with E-state index in [0.717, 1.165) is 17.7 Å². The maximum Gasteiger partial charge on any atom is 0.346 e. The van der Waals surface area contributed by atoms with Crippen LogP contribution >= 0.6 is 0 Å². The highest BCUT2D eigenvalue weighted by atomic mass is 19.1. The fraction of sp³-hybridized carbons (Fsp3) is 0.115. The molecule has 0 unspecified atom stereocenters. The van der Waals surface area contributed by atoms with E-state index in [9.17, 15) is 19.2 Å². The standard InChI is InChI=1S/C26H19FN2O4/c1-32-24-15-17(10-11-23(24)33-26(31)20-7-3-4-8-21(20)27)14-19(16-28)25(30)29-13-12-18-6-2-5-9-22(18)29/h2-11,14-15H,12-13H2,1H3/b19-14+. The van der Waals surface area contributed by atoms with Crippen LogP contribution in [0.4, 0.5) is 10.1 Å². The first kappa shape index (κ1) is 21.8. The smallest absolute Gasteiger partial charge is 0.346 e. The van der Waals surface area contributed by atoms with E-state index in [0.29, 0.717) is 12.1 Å². The molecule has 1 aliphatic rings. The van der Waals surface area contributed by atoms with Crippen LogP contribution in [0.5, 0.6) is 11.5 Å². The third kappa shape index (κ3) is 4.46. The highest BCUT2D eigenvalue weighted by Crippen LogP contribution is 2.31. The number of fused-ring (bicyclic) bond motifs is 1. The number of anilines is 1. The molecule has 33 heavy (non-hydrogen) atoms. The summed E-state index contributed by atoms with van der Waals surface area (Å²) in [4.78, 5) is 26.9. The van der Waals surface area contributed by atoms with Crippen molar-refractivity contribution in [2.45, 2.75) is 6.42 Å². The number of benzene rings is 3. The first-order valence-electron chi connectivity index (χ1n) is 10.2. The lowest BCUT2D eigenvalue weighted by molar-refractivity contribution is -0.114. The van der Waals surface area contributed by atoms with Crippen LogP contribution in [0.2, 0.25) is 0 Å². The zero-order valence-corrected chi connectivity index (χ0v) is 17.7. The molecule has 4 rings (SSSR count). The van der Waals surface area contributed by atoms with E-state index < -0.39 is 17.7 Å². The molecule has 0 aliphatic carbocycles. The quantitative estimate of drug-likeness (QED) is 0.251. The Bertz CT molecular complexity index is 1310. The molecule has 7 heteroatoms. The van der Waals surface area contributed by atoms with Gasteiger partial charge in [-0.3, -0.25) is 4.79 Å². The van der Waals surface area contributed by atoms with Crippen LogP contribution in [-0.2, 0) is 11.2 Å². The van der Waals surface area contributed by atoms with Gasteiger partial charge in [0.15, 0.2) is 11.5 Å². The van der Waals surface area contributed by atoms with Crippen LogP contribution in [0.15, 0.2) is 72.3 Å². The van der Waals surface area contributed by atoms with Gasteiger partial charge in [0, 0.05) is 12.2 Å². The van der Waals surface area contributed by atoms with Crippen LogP contribution in [0, 0.1) is 17.1 Å². The highest BCUT2D eigenvalue weighted by Gasteiger charge is 2.26. The summed E-state index contributed by atoms with van der Waals surface area (Å²) >= 11 is 0. The predicted octanol–water partition coefficient (Wildman–Crippen LogP) is 4.55. The summed E-state index contributed by atoms with van der Waals surface area (Å²) in [5.74, 6) is -1.67. The average Bonchev–Trinajstić information content (AvgIpc) is 3.27. The molecule has 164 valence electrons.